The highest BCUT2D eigenvalue weighted by atomic mass is 32.2. The van der Waals surface area contributed by atoms with Gasteiger partial charge >= 0.3 is 0 Å². The Labute approximate surface area is 71.8 Å². The van der Waals surface area contributed by atoms with Crippen LogP contribution in [0.25, 0.3) is 0 Å². The normalized spacial score (nSPS) is 9.55. The van der Waals surface area contributed by atoms with Gasteiger partial charge in [-0.25, -0.2) is 0 Å². The molecule has 0 aromatic heterocycles. The summed E-state index contributed by atoms with van der Waals surface area (Å²) in [6, 6.07) is 10.5. The Balaban J connectivity index is 2.28. The van der Waals surface area contributed by atoms with Crippen molar-refractivity contribution in [3.05, 3.63) is 30.3 Å². The topological polar surface area (TPSA) is 9.23 Å². The van der Waals surface area contributed by atoms with E-state index in [2.05, 4.69) is 12.3 Å². The van der Waals surface area contributed by atoms with Gasteiger partial charge in [-0.1, -0.05) is 12.1 Å². The molecule has 0 amide bonds. The first kappa shape index (κ1) is 8.47. The van der Waals surface area contributed by atoms with Crippen LogP contribution in [0, 0.1) is 6.07 Å². The van der Waals surface area contributed by atoms with Crippen molar-refractivity contribution < 1.29 is 4.74 Å². The second kappa shape index (κ2) is 5.08. The van der Waals surface area contributed by atoms with E-state index in [0.29, 0.717) is 0 Å². The molecule has 0 aliphatic rings. The lowest BCUT2D eigenvalue weighted by Crippen LogP contribution is -1.98. The molecule has 2 heteroatoms. The van der Waals surface area contributed by atoms with Crippen LogP contribution < -0.4 is 4.74 Å². The first-order valence-electron chi connectivity index (χ1n) is 3.51. The average Bonchev–Trinajstić information content (AvgIpc) is 2.07. The minimum atomic E-state index is 0.783. The summed E-state index contributed by atoms with van der Waals surface area (Å²) in [7, 11) is 0. The van der Waals surface area contributed by atoms with Crippen molar-refractivity contribution in [3.63, 3.8) is 0 Å². The van der Waals surface area contributed by atoms with Gasteiger partial charge in [-0.05, 0) is 24.5 Å². The predicted molar refractivity (Wildman–Crippen MR) is 49.2 cm³/mol. The van der Waals surface area contributed by atoms with Crippen molar-refractivity contribution in [3.8, 4) is 5.75 Å². The maximum absolute atomic E-state index is 5.41. The zero-order valence-corrected chi connectivity index (χ0v) is 7.36. The lowest BCUT2D eigenvalue weighted by atomic mass is 10.3. The Morgan fingerprint density at radius 1 is 1.45 bits per heavy atom. The molecule has 11 heavy (non-hydrogen) atoms. The third kappa shape index (κ3) is 3.33. The molecule has 1 radical (unpaired) electrons. The van der Waals surface area contributed by atoms with Crippen LogP contribution in [0.5, 0.6) is 5.75 Å². The van der Waals surface area contributed by atoms with Gasteiger partial charge in [0, 0.05) is 5.75 Å². The summed E-state index contributed by atoms with van der Waals surface area (Å²) in [5.74, 6) is 1.97. The zero-order valence-electron chi connectivity index (χ0n) is 6.54. The molecule has 1 aromatic carbocycles. The highest BCUT2D eigenvalue weighted by Gasteiger charge is 1.88. The molecule has 0 spiro atoms. The molecule has 0 aliphatic carbocycles. The maximum atomic E-state index is 5.41. The molecule has 0 aliphatic heterocycles. The lowest BCUT2D eigenvalue weighted by molar-refractivity contribution is 0.344. The molecule has 0 N–H and O–H groups in total. The fourth-order valence-corrected chi connectivity index (χ4v) is 0.961. The van der Waals surface area contributed by atoms with Crippen molar-refractivity contribution in [2.75, 3.05) is 18.6 Å². The molecule has 0 saturated heterocycles. The fourth-order valence-electron chi connectivity index (χ4n) is 0.711. The molecule has 1 aromatic rings. The standard InChI is InChI=1S/C9H11OS/c1-11-8-7-10-9-5-3-2-4-6-9/h3-6H,7-8H2,1H3. The molecular weight excluding hydrogens is 156 g/mol. The second-order valence-electron chi connectivity index (χ2n) is 2.08. The van der Waals surface area contributed by atoms with Crippen LogP contribution in [0.1, 0.15) is 0 Å². The van der Waals surface area contributed by atoms with E-state index < -0.39 is 0 Å². The maximum Gasteiger partial charge on any atom is 0.119 e. The van der Waals surface area contributed by atoms with Crippen molar-refractivity contribution in [1.29, 1.82) is 0 Å². The quantitative estimate of drug-likeness (QED) is 0.636. The van der Waals surface area contributed by atoms with Gasteiger partial charge in [-0.15, -0.1) is 0 Å². The molecule has 0 atom stereocenters. The number of benzene rings is 1. The SMILES string of the molecule is CSCCOc1cc[c]cc1. The second-order valence-corrected chi connectivity index (χ2v) is 3.06. The summed E-state index contributed by atoms with van der Waals surface area (Å²) in [6.45, 7) is 0.783. The molecule has 0 saturated carbocycles. The molecule has 0 fully saturated rings. The largest absolute Gasteiger partial charge is 0.493 e. The molecule has 0 heterocycles. The summed E-state index contributed by atoms with van der Waals surface area (Å²) >= 11 is 1.79. The van der Waals surface area contributed by atoms with Crippen LogP contribution in [0.3, 0.4) is 0 Å². The van der Waals surface area contributed by atoms with Crippen LogP contribution in [0.2, 0.25) is 0 Å². The first-order chi connectivity index (χ1) is 5.43. The summed E-state index contributed by atoms with van der Waals surface area (Å²) in [6.07, 6.45) is 2.07. The number of ether oxygens (including phenoxy) is 1. The van der Waals surface area contributed by atoms with Crippen LogP contribution >= 0.6 is 11.8 Å². The smallest absolute Gasteiger partial charge is 0.119 e. The Morgan fingerprint density at radius 2 is 2.18 bits per heavy atom. The fraction of sp³-hybridized carbons (Fsp3) is 0.333. The molecule has 1 nitrogen and oxygen atoms in total. The van der Waals surface area contributed by atoms with E-state index in [9.17, 15) is 0 Å². The van der Waals surface area contributed by atoms with Crippen molar-refractivity contribution in [2.24, 2.45) is 0 Å². The third-order valence-corrected chi connectivity index (χ3v) is 1.82. The molecule has 59 valence electrons. The monoisotopic (exact) mass is 167 g/mol. The lowest BCUT2D eigenvalue weighted by Gasteiger charge is -2.02. The van der Waals surface area contributed by atoms with Gasteiger partial charge in [0.1, 0.15) is 5.75 Å². The Bertz CT molecular complexity index is 186. The summed E-state index contributed by atoms with van der Waals surface area (Å²) < 4.78 is 5.41. The van der Waals surface area contributed by atoms with E-state index in [1.54, 1.807) is 11.8 Å². The van der Waals surface area contributed by atoms with E-state index in [4.69, 9.17) is 4.74 Å². The van der Waals surface area contributed by atoms with Crippen LogP contribution in [-0.4, -0.2) is 18.6 Å². The summed E-state index contributed by atoms with van der Waals surface area (Å²) in [4.78, 5) is 0. The van der Waals surface area contributed by atoms with Gasteiger partial charge in [0.05, 0.1) is 6.61 Å². The molecular formula is C9H11OS. The Kier molecular flexibility index (Phi) is 3.91. The van der Waals surface area contributed by atoms with Crippen LogP contribution in [0.15, 0.2) is 24.3 Å². The average molecular weight is 167 g/mol. The molecule has 0 unspecified atom stereocenters. The highest BCUT2D eigenvalue weighted by molar-refractivity contribution is 7.98. The number of hydrogen-bond acceptors (Lipinski definition) is 2. The van der Waals surface area contributed by atoms with Gasteiger partial charge < -0.3 is 4.74 Å². The minimum Gasteiger partial charge on any atom is -0.493 e. The van der Waals surface area contributed by atoms with Gasteiger partial charge in [-0.2, -0.15) is 11.8 Å². The Morgan fingerprint density at radius 3 is 2.82 bits per heavy atom. The van der Waals surface area contributed by atoms with Crippen molar-refractivity contribution in [2.45, 2.75) is 0 Å². The highest BCUT2D eigenvalue weighted by Crippen LogP contribution is 2.07. The Hall–Kier alpha value is -0.630. The van der Waals surface area contributed by atoms with Gasteiger partial charge in [0.25, 0.3) is 0 Å². The van der Waals surface area contributed by atoms with Gasteiger partial charge in [0.2, 0.25) is 0 Å². The minimum absolute atomic E-state index is 0.783. The molecule has 1 rings (SSSR count). The van der Waals surface area contributed by atoms with E-state index in [0.717, 1.165) is 18.1 Å². The van der Waals surface area contributed by atoms with E-state index in [1.807, 2.05) is 24.3 Å². The third-order valence-electron chi connectivity index (χ3n) is 1.24. The number of hydrogen-bond donors (Lipinski definition) is 0. The van der Waals surface area contributed by atoms with E-state index in [-0.39, 0.29) is 0 Å². The van der Waals surface area contributed by atoms with E-state index in [1.165, 1.54) is 0 Å². The van der Waals surface area contributed by atoms with Crippen molar-refractivity contribution in [1.82, 2.24) is 0 Å². The number of thioether (sulfide) groups is 1. The zero-order chi connectivity index (χ0) is 7.94. The van der Waals surface area contributed by atoms with Gasteiger partial charge in [-0.3, -0.25) is 0 Å². The first-order valence-corrected chi connectivity index (χ1v) is 4.90. The van der Waals surface area contributed by atoms with Crippen LogP contribution in [-0.2, 0) is 0 Å². The van der Waals surface area contributed by atoms with Gasteiger partial charge in [0.15, 0.2) is 0 Å². The summed E-state index contributed by atoms with van der Waals surface area (Å²) in [5, 5.41) is 0. The van der Waals surface area contributed by atoms with Crippen LogP contribution in [0.4, 0.5) is 0 Å². The van der Waals surface area contributed by atoms with Crippen molar-refractivity contribution >= 4 is 11.8 Å². The number of rotatable bonds is 4. The summed E-state index contributed by atoms with van der Waals surface area (Å²) in [5.41, 5.74) is 0. The van der Waals surface area contributed by atoms with E-state index >= 15 is 0 Å². The molecule has 0 bridgehead atoms. The predicted octanol–water partition coefficient (Wildman–Crippen LogP) is 2.23.